The standard InChI is InChI=1S/C12H5ClF6O3/c13-5-1-4-2-6(10(20)21)9(12(17,18)19)22-8(4)7(3-5)11(14,15)16/h1-3,9H,(H,20,21). The van der Waals surface area contributed by atoms with Gasteiger partial charge in [-0.2, -0.15) is 26.3 Å². The zero-order valence-corrected chi connectivity index (χ0v) is 11.0. The molecule has 0 aromatic heterocycles. The van der Waals surface area contributed by atoms with E-state index in [1.165, 1.54) is 0 Å². The number of halogens is 7. The number of carbonyl (C=O) groups is 1. The van der Waals surface area contributed by atoms with E-state index in [1.54, 1.807) is 0 Å². The lowest BCUT2D eigenvalue weighted by Crippen LogP contribution is -2.40. The number of hydrogen-bond donors (Lipinski definition) is 1. The maximum Gasteiger partial charge on any atom is 0.430 e. The van der Waals surface area contributed by atoms with Crippen molar-refractivity contribution in [3.05, 3.63) is 33.9 Å². The monoisotopic (exact) mass is 346 g/mol. The topological polar surface area (TPSA) is 46.5 Å². The van der Waals surface area contributed by atoms with Crippen LogP contribution in [-0.2, 0) is 11.0 Å². The predicted octanol–water partition coefficient (Wildman–Crippen LogP) is 4.15. The van der Waals surface area contributed by atoms with Crippen LogP contribution in [0.3, 0.4) is 0 Å². The van der Waals surface area contributed by atoms with E-state index in [0.717, 1.165) is 6.07 Å². The van der Waals surface area contributed by atoms with Crippen LogP contribution in [0.1, 0.15) is 11.1 Å². The fraction of sp³-hybridized carbons (Fsp3) is 0.250. The van der Waals surface area contributed by atoms with E-state index in [2.05, 4.69) is 4.74 Å². The van der Waals surface area contributed by atoms with Crippen molar-refractivity contribution in [2.24, 2.45) is 0 Å². The second kappa shape index (κ2) is 5.08. The quantitative estimate of drug-likeness (QED) is 0.777. The Labute approximate surface area is 123 Å². The van der Waals surface area contributed by atoms with Crippen molar-refractivity contribution in [1.82, 2.24) is 0 Å². The second-order valence-electron chi connectivity index (χ2n) is 4.31. The zero-order chi connectivity index (χ0) is 16.9. The molecular weight excluding hydrogens is 342 g/mol. The van der Waals surface area contributed by atoms with Gasteiger partial charge in [0.15, 0.2) is 0 Å². The maximum absolute atomic E-state index is 12.9. The summed E-state index contributed by atoms with van der Waals surface area (Å²) in [6, 6.07) is 1.30. The number of carboxylic acids is 1. The lowest BCUT2D eigenvalue weighted by Gasteiger charge is -2.29. The van der Waals surface area contributed by atoms with Crippen LogP contribution in [0.25, 0.3) is 6.08 Å². The Hall–Kier alpha value is -1.90. The number of ether oxygens (including phenoxy) is 1. The van der Waals surface area contributed by atoms with Crippen molar-refractivity contribution in [1.29, 1.82) is 0 Å². The Kier molecular flexibility index (Phi) is 3.80. The minimum absolute atomic E-state index is 0.410. The number of rotatable bonds is 1. The Morgan fingerprint density at radius 1 is 1.18 bits per heavy atom. The van der Waals surface area contributed by atoms with Crippen LogP contribution in [-0.4, -0.2) is 23.4 Å². The molecule has 1 unspecified atom stereocenters. The van der Waals surface area contributed by atoms with Crippen LogP contribution in [0.2, 0.25) is 5.02 Å². The molecule has 120 valence electrons. The molecule has 1 aromatic carbocycles. The molecule has 2 rings (SSSR count). The van der Waals surface area contributed by atoms with Crippen molar-refractivity contribution < 1.29 is 41.0 Å². The van der Waals surface area contributed by atoms with Crippen LogP contribution in [0.15, 0.2) is 17.7 Å². The number of carboxylic acid groups (broad SMARTS) is 1. The average Bonchev–Trinajstić information content (AvgIpc) is 2.33. The van der Waals surface area contributed by atoms with E-state index >= 15 is 0 Å². The first-order valence-electron chi connectivity index (χ1n) is 5.50. The molecule has 0 saturated heterocycles. The Balaban J connectivity index is 2.71. The molecule has 0 saturated carbocycles. The van der Waals surface area contributed by atoms with Gasteiger partial charge in [-0.25, -0.2) is 4.79 Å². The molecule has 0 aliphatic carbocycles. The van der Waals surface area contributed by atoms with E-state index in [0.29, 0.717) is 12.1 Å². The summed E-state index contributed by atoms with van der Waals surface area (Å²) in [5, 5.41) is 8.38. The Morgan fingerprint density at radius 2 is 1.77 bits per heavy atom. The predicted molar refractivity (Wildman–Crippen MR) is 62.5 cm³/mol. The van der Waals surface area contributed by atoms with Crippen molar-refractivity contribution in [2.45, 2.75) is 18.5 Å². The summed E-state index contributed by atoms with van der Waals surface area (Å²) in [4.78, 5) is 10.9. The number of fused-ring (bicyclic) bond motifs is 1. The van der Waals surface area contributed by atoms with E-state index < -0.39 is 51.9 Å². The van der Waals surface area contributed by atoms with E-state index in [-0.39, 0.29) is 0 Å². The van der Waals surface area contributed by atoms with Crippen LogP contribution >= 0.6 is 11.6 Å². The Bertz CT molecular complexity index is 662. The van der Waals surface area contributed by atoms with Crippen LogP contribution in [0, 0.1) is 0 Å². The van der Waals surface area contributed by atoms with Crippen molar-refractivity contribution >= 4 is 23.6 Å². The molecule has 0 radical (unpaired) electrons. The molecule has 22 heavy (non-hydrogen) atoms. The van der Waals surface area contributed by atoms with Gasteiger partial charge in [-0.05, 0) is 18.2 Å². The molecular formula is C12H5ClF6O3. The first-order chi connectivity index (χ1) is 9.91. The summed E-state index contributed by atoms with van der Waals surface area (Å²) in [6.07, 6.45) is -12.7. The van der Waals surface area contributed by atoms with E-state index in [9.17, 15) is 31.1 Å². The second-order valence-corrected chi connectivity index (χ2v) is 4.75. The molecule has 0 bridgehead atoms. The first kappa shape index (κ1) is 16.5. The van der Waals surface area contributed by atoms with Gasteiger partial charge in [0.1, 0.15) is 5.75 Å². The molecule has 1 heterocycles. The number of benzene rings is 1. The third-order valence-electron chi connectivity index (χ3n) is 2.76. The van der Waals surface area contributed by atoms with Crippen molar-refractivity contribution in [3.63, 3.8) is 0 Å². The molecule has 0 amide bonds. The van der Waals surface area contributed by atoms with Gasteiger partial charge in [0.05, 0.1) is 11.1 Å². The van der Waals surface area contributed by atoms with Crippen molar-refractivity contribution in [2.75, 3.05) is 0 Å². The summed E-state index contributed by atoms with van der Waals surface area (Å²) in [6.45, 7) is 0. The molecule has 0 fully saturated rings. The van der Waals surface area contributed by atoms with E-state index in [1.807, 2.05) is 0 Å². The lowest BCUT2D eigenvalue weighted by atomic mass is 9.98. The molecule has 0 spiro atoms. The van der Waals surface area contributed by atoms with Gasteiger partial charge in [0.2, 0.25) is 6.10 Å². The summed E-state index contributed by atoms with van der Waals surface area (Å²) in [5.74, 6) is -3.06. The van der Waals surface area contributed by atoms with Gasteiger partial charge in [-0.3, -0.25) is 0 Å². The third-order valence-corrected chi connectivity index (χ3v) is 2.98. The summed E-state index contributed by atoms with van der Waals surface area (Å²) < 4.78 is 81.4. The highest BCUT2D eigenvalue weighted by Crippen LogP contribution is 2.45. The smallest absolute Gasteiger partial charge is 0.430 e. The third kappa shape index (κ3) is 2.99. The molecule has 3 nitrogen and oxygen atoms in total. The van der Waals surface area contributed by atoms with Gasteiger partial charge < -0.3 is 9.84 Å². The van der Waals surface area contributed by atoms with Crippen LogP contribution < -0.4 is 4.74 Å². The maximum atomic E-state index is 12.9. The number of alkyl halides is 6. The van der Waals surface area contributed by atoms with Crippen molar-refractivity contribution in [3.8, 4) is 5.75 Å². The summed E-state index contributed by atoms with van der Waals surface area (Å²) >= 11 is 5.49. The SMILES string of the molecule is O=C(O)C1=Cc2cc(Cl)cc(C(F)(F)F)c2OC1C(F)(F)F. The highest BCUT2D eigenvalue weighted by molar-refractivity contribution is 6.31. The summed E-state index contributed by atoms with van der Waals surface area (Å²) in [7, 11) is 0. The van der Waals surface area contributed by atoms with Gasteiger partial charge in [0, 0.05) is 10.6 Å². The average molecular weight is 347 g/mol. The zero-order valence-electron chi connectivity index (χ0n) is 10.2. The first-order valence-corrected chi connectivity index (χ1v) is 5.88. The normalized spacial score (nSPS) is 18.3. The highest BCUT2D eigenvalue weighted by atomic mass is 35.5. The largest absolute Gasteiger partial charge is 0.478 e. The fourth-order valence-corrected chi connectivity index (χ4v) is 2.13. The van der Waals surface area contributed by atoms with Gasteiger partial charge in [-0.1, -0.05) is 11.6 Å². The minimum Gasteiger partial charge on any atom is -0.478 e. The number of aliphatic carboxylic acids is 1. The molecule has 1 atom stereocenters. The lowest BCUT2D eigenvalue weighted by molar-refractivity contribution is -0.189. The van der Waals surface area contributed by atoms with Gasteiger partial charge >= 0.3 is 18.3 Å². The fourth-order valence-electron chi connectivity index (χ4n) is 1.91. The highest BCUT2D eigenvalue weighted by Gasteiger charge is 2.50. The molecule has 1 aliphatic heterocycles. The summed E-state index contributed by atoms with van der Waals surface area (Å²) in [5.41, 5.74) is -3.22. The van der Waals surface area contributed by atoms with Crippen LogP contribution in [0.4, 0.5) is 26.3 Å². The molecule has 1 aromatic rings. The van der Waals surface area contributed by atoms with E-state index in [4.69, 9.17) is 16.7 Å². The van der Waals surface area contributed by atoms with Crippen LogP contribution in [0.5, 0.6) is 5.75 Å². The Morgan fingerprint density at radius 3 is 2.23 bits per heavy atom. The van der Waals surface area contributed by atoms with Gasteiger partial charge in [-0.15, -0.1) is 0 Å². The van der Waals surface area contributed by atoms with Gasteiger partial charge in [0.25, 0.3) is 0 Å². The minimum atomic E-state index is -5.19. The number of hydrogen-bond acceptors (Lipinski definition) is 2. The molecule has 1 aliphatic rings. The molecule has 10 heteroatoms. The molecule has 1 N–H and O–H groups in total.